The van der Waals surface area contributed by atoms with Gasteiger partial charge in [-0.25, -0.2) is 4.98 Å². The van der Waals surface area contributed by atoms with E-state index in [-0.39, 0.29) is 5.41 Å². The molecule has 0 saturated heterocycles. The van der Waals surface area contributed by atoms with E-state index in [0.717, 1.165) is 11.6 Å². The Bertz CT molecular complexity index is 534. The van der Waals surface area contributed by atoms with Crippen molar-refractivity contribution in [3.63, 3.8) is 0 Å². The van der Waals surface area contributed by atoms with E-state index in [4.69, 9.17) is 0 Å². The summed E-state index contributed by atoms with van der Waals surface area (Å²) in [4.78, 5) is 8.58. The SMILES string of the molecule is CCNC(C)c1cnc(-c2ccc(C(C)(C)C)s2)s1. The highest BCUT2D eigenvalue weighted by Gasteiger charge is 2.18. The van der Waals surface area contributed by atoms with E-state index in [0.29, 0.717) is 6.04 Å². The fourth-order valence-corrected chi connectivity index (χ4v) is 3.93. The van der Waals surface area contributed by atoms with Crippen molar-refractivity contribution < 1.29 is 0 Å². The number of hydrogen-bond acceptors (Lipinski definition) is 4. The lowest BCUT2D eigenvalue weighted by molar-refractivity contribution is 0.604. The van der Waals surface area contributed by atoms with Crippen LogP contribution in [0.3, 0.4) is 0 Å². The first-order chi connectivity index (χ1) is 8.91. The first-order valence-corrected chi connectivity index (χ1v) is 8.35. The van der Waals surface area contributed by atoms with Crippen LogP contribution in [-0.2, 0) is 5.41 Å². The Morgan fingerprint density at radius 1 is 1.26 bits per heavy atom. The smallest absolute Gasteiger partial charge is 0.133 e. The monoisotopic (exact) mass is 294 g/mol. The largest absolute Gasteiger partial charge is 0.310 e. The number of hydrogen-bond donors (Lipinski definition) is 1. The molecule has 2 heterocycles. The Morgan fingerprint density at radius 2 is 2.00 bits per heavy atom. The average molecular weight is 294 g/mol. The maximum absolute atomic E-state index is 4.57. The van der Waals surface area contributed by atoms with Crippen molar-refractivity contribution >= 4 is 22.7 Å². The van der Waals surface area contributed by atoms with Crippen LogP contribution < -0.4 is 5.32 Å². The topological polar surface area (TPSA) is 24.9 Å². The van der Waals surface area contributed by atoms with Gasteiger partial charge in [-0.1, -0.05) is 27.7 Å². The molecule has 0 aliphatic heterocycles. The highest BCUT2D eigenvalue weighted by atomic mass is 32.1. The van der Waals surface area contributed by atoms with Gasteiger partial charge >= 0.3 is 0 Å². The normalized spacial score (nSPS) is 13.7. The molecule has 0 spiro atoms. The Labute approximate surface area is 123 Å². The van der Waals surface area contributed by atoms with E-state index in [1.807, 2.05) is 17.5 Å². The van der Waals surface area contributed by atoms with Gasteiger partial charge < -0.3 is 5.32 Å². The molecule has 0 aromatic carbocycles. The van der Waals surface area contributed by atoms with E-state index in [1.165, 1.54) is 14.6 Å². The Hall–Kier alpha value is -0.710. The van der Waals surface area contributed by atoms with Gasteiger partial charge in [-0.2, -0.15) is 0 Å². The summed E-state index contributed by atoms with van der Waals surface area (Å²) in [5.74, 6) is 0. The summed E-state index contributed by atoms with van der Waals surface area (Å²) in [6.45, 7) is 12.1. The van der Waals surface area contributed by atoms with E-state index < -0.39 is 0 Å². The summed E-state index contributed by atoms with van der Waals surface area (Å²) in [5, 5.41) is 4.57. The molecule has 2 rings (SSSR count). The molecule has 1 atom stereocenters. The van der Waals surface area contributed by atoms with Crippen molar-refractivity contribution in [1.29, 1.82) is 0 Å². The van der Waals surface area contributed by atoms with Gasteiger partial charge in [0.15, 0.2) is 0 Å². The van der Waals surface area contributed by atoms with Crippen molar-refractivity contribution in [3.8, 4) is 9.88 Å². The zero-order chi connectivity index (χ0) is 14.0. The van der Waals surface area contributed by atoms with Gasteiger partial charge in [0.2, 0.25) is 0 Å². The molecule has 1 unspecified atom stereocenters. The van der Waals surface area contributed by atoms with Gasteiger partial charge in [0.1, 0.15) is 5.01 Å². The van der Waals surface area contributed by atoms with Crippen LogP contribution in [0.1, 0.15) is 50.4 Å². The lowest BCUT2D eigenvalue weighted by Gasteiger charge is -2.15. The molecule has 104 valence electrons. The second kappa shape index (κ2) is 5.73. The summed E-state index contributed by atoms with van der Waals surface area (Å²) < 4.78 is 0. The lowest BCUT2D eigenvalue weighted by Crippen LogP contribution is -2.16. The van der Waals surface area contributed by atoms with Crippen LogP contribution >= 0.6 is 22.7 Å². The fourth-order valence-electron chi connectivity index (χ4n) is 1.86. The molecular formula is C15H22N2S2. The number of nitrogens with one attached hydrogen (secondary N) is 1. The summed E-state index contributed by atoms with van der Waals surface area (Å²) in [6, 6.07) is 4.82. The molecule has 2 aromatic rings. The molecule has 0 aliphatic carbocycles. The first-order valence-electron chi connectivity index (χ1n) is 6.71. The van der Waals surface area contributed by atoms with E-state index >= 15 is 0 Å². The van der Waals surface area contributed by atoms with Crippen molar-refractivity contribution in [2.75, 3.05) is 6.54 Å². The number of thiophene rings is 1. The standard InChI is InChI=1S/C15H22N2S2/c1-6-16-10(2)12-9-17-14(19-12)11-7-8-13(18-11)15(3,4)5/h7-10,16H,6H2,1-5H3. The van der Waals surface area contributed by atoms with Crippen LogP contribution in [0.15, 0.2) is 18.3 Å². The predicted molar refractivity (Wildman–Crippen MR) is 86.2 cm³/mol. The third-order valence-corrected chi connectivity index (χ3v) is 5.88. The second-order valence-electron chi connectivity index (χ2n) is 5.76. The van der Waals surface area contributed by atoms with Gasteiger partial charge in [-0.3, -0.25) is 0 Å². The molecule has 0 radical (unpaired) electrons. The van der Waals surface area contributed by atoms with Crippen LogP contribution in [0.5, 0.6) is 0 Å². The number of aromatic nitrogens is 1. The van der Waals surface area contributed by atoms with Gasteiger partial charge in [0, 0.05) is 22.0 Å². The minimum Gasteiger partial charge on any atom is -0.310 e. The highest BCUT2D eigenvalue weighted by Crippen LogP contribution is 2.37. The molecular weight excluding hydrogens is 272 g/mol. The highest BCUT2D eigenvalue weighted by molar-refractivity contribution is 7.21. The van der Waals surface area contributed by atoms with Crippen LogP contribution in [0.25, 0.3) is 9.88 Å². The minimum atomic E-state index is 0.222. The summed E-state index contributed by atoms with van der Waals surface area (Å²) >= 11 is 3.65. The quantitative estimate of drug-likeness (QED) is 0.872. The lowest BCUT2D eigenvalue weighted by atomic mass is 9.95. The van der Waals surface area contributed by atoms with E-state index in [2.05, 4.69) is 57.1 Å². The summed E-state index contributed by atoms with van der Waals surface area (Å²) in [7, 11) is 0. The van der Waals surface area contributed by atoms with Crippen molar-refractivity contribution in [3.05, 3.63) is 28.1 Å². The van der Waals surface area contributed by atoms with Crippen LogP contribution in [-0.4, -0.2) is 11.5 Å². The molecule has 4 heteroatoms. The van der Waals surface area contributed by atoms with Crippen molar-refractivity contribution in [2.24, 2.45) is 0 Å². The number of thiazole rings is 1. The Balaban J connectivity index is 2.21. The second-order valence-corrected chi connectivity index (χ2v) is 7.91. The minimum absolute atomic E-state index is 0.222. The van der Waals surface area contributed by atoms with Crippen molar-refractivity contribution in [2.45, 2.75) is 46.1 Å². The van der Waals surface area contributed by atoms with E-state index in [1.54, 1.807) is 11.3 Å². The molecule has 19 heavy (non-hydrogen) atoms. The first kappa shape index (κ1) is 14.7. The Kier molecular flexibility index (Phi) is 4.43. The number of nitrogens with zero attached hydrogens (tertiary/aromatic N) is 1. The molecule has 0 amide bonds. The zero-order valence-electron chi connectivity index (χ0n) is 12.3. The molecule has 2 aromatic heterocycles. The molecule has 2 nitrogen and oxygen atoms in total. The van der Waals surface area contributed by atoms with Crippen LogP contribution in [0.4, 0.5) is 0 Å². The third-order valence-electron chi connectivity index (χ3n) is 3.02. The van der Waals surface area contributed by atoms with Gasteiger partial charge in [0.25, 0.3) is 0 Å². The molecule has 0 fully saturated rings. The fraction of sp³-hybridized carbons (Fsp3) is 0.533. The summed E-state index contributed by atoms with van der Waals surface area (Å²) in [5.41, 5.74) is 0.222. The molecule has 0 saturated carbocycles. The van der Waals surface area contributed by atoms with Crippen LogP contribution in [0.2, 0.25) is 0 Å². The average Bonchev–Trinajstić information content (AvgIpc) is 2.97. The van der Waals surface area contributed by atoms with Gasteiger partial charge in [-0.15, -0.1) is 22.7 Å². The maximum atomic E-state index is 4.57. The number of rotatable bonds is 4. The third kappa shape index (κ3) is 3.44. The molecule has 0 bridgehead atoms. The summed E-state index contributed by atoms with van der Waals surface area (Å²) in [6.07, 6.45) is 2.00. The zero-order valence-corrected chi connectivity index (χ0v) is 13.9. The van der Waals surface area contributed by atoms with Gasteiger partial charge in [0.05, 0.1) is 4.88 Å². The predicted octanol–water partition coefficient (Wildman–Crippen LogP) is 4.84. The molecule has 1 N–H and O–H groups in total. The van der Waals surface area contributed by atoms with Gasteiger partial charge in [-0.05, 0) is 31.0 Å². The van der Waals surface area contributed by atoms with Crippen LogP contribution in [0, 0.1) is 0 Å². The Morgan fingerprint density at radius 3 is 2.58 bits per heavy atom. The molecule has 0 aliphatic rings. The van der Waals surface area contributed by atoms with E-state index in [9.17, 15) is 0 Å². The van der Waals surface area contributed by atoms with Crippen molar-refractivity contribution in [1.82, 2.24) is 10.3 Å². The maximum Gasteiger partial charge on any atom is 0.133 e.